The molecule has 5 rings (SSSR count). The van der Waals surface area contributed by atoms with Crippen molar-refractivity contribution >= 4 is 34.2 Å². The zero-order chi connectivity index (χ0) is 17.9. The predicted molar refractivity (Wildman–Crippen MR) is 93.0 cm³/mol. The van der Waals surface area contributed by atoms with E-state index in [-0.39, 0.29) is 35.5 Å². The second-order valence-corrected chi connectivity index (χ2v) is 8.85. The van der Waals surface area contributed by atoms with E-state index in [4.69, 9.17) is 0 Å². The maximum atomic E-state index is 13.2. The molecule has 2 saturated carbocycles. The second-order valence-electron chi connectivity index (χ2n) is 8.01. The van der Waals surface area contributed by atoms with Crippen LogP contribution in [0.15, 0.2) is 5.51 Å². The van der Waals surface area contributed by atoms with Gasteiger partial charge in [-0.2, -0.15) is 0 Å². The molecule has 1 aromatic rings. The van der Waals surface area contributed by atoms with Crippen molar-refractivity contribution < 1.29 is 14.4 Å². The Morgan fingerprint density at radius 2 is 2.12 bits per heavy atom. The van der Waals surface area contributed by atoms with Crippen LogP contribution in [0.3, 0.4) is 0 Å². The fourth-order valence-electron chi connectivity index (χ4n) is 5.57. The lowest BCUT2D eigenvalue weighted by atomic mass is 9.78. The molecule has 1 aromatic heterocycles. The molecule has 0 spiro atoms. The molecule has 0 radical (unpaired) electrons. The lowest BCUT2D eigenvalue weighted by molar-refractivity contribution is -0.142. The fraction of sp³-hybridized carbons (Fsp3) is 0.706. The molecule has 8 nitrogen and oxygen atoms in total. The minimum absolute atomic E-state index is 0.0351. The average molecular weight is 375 g/mol. The van der Waals surface area contributed by atoms with Crippen LogP contribution in [0.2, 0.25) is 0 Å². The number of nitrogens with one attached hydrogen (secondary N) is 2. The quantitative estimate of drug-likeness (QED) is 0.806. The van der Waals surface area contributed by atoms with Crippen LogP contribution < -0.4 is 10.6 Å². The van der Waals surface area contributed by atoms with Crippen LogP contribution in [0.1, 0.15) is 32.1 Å². The standard InChI is InChI=1S/C17H21N5O3S/c23-13(19-16-21-18-8-26-16)10-1-3-22(4-2-10)15(25)17-7-9-5-11(12(17)6-9)14(24)20-17/h8-12H,1-7H2,(H,20,24)(H,19,21,23). The first kappa shape index (κ1) is 16.2. The Morgan fingerprint density at radius 3 is 2.81 bits per heavy atom. The number of carbonyl (C=O) groups is 3. The van der Waals surface area contributed by atoms with E-state index in [0.29, 0.717) is 37.0 Å². The molecule has 2 aliphatic heterocycles. The number of fused-ring (bicyclic) bond motifs is 1. The summed E-state index contributed by atoms with van der Waals surface area (Å²) in [6.45, 7) is 1.12. The summed E-state index contributed by atoms with van der Waals surface area (Å²) in [7, 11) is 0. The molecular weight excluding hydrogens is 354 g/mol. The van der Waals surface area contributed by atoms with E-state index in [1.807, 2.05) is 4.90 Å². The Labute approximate surface area is 154 Å². The van der Waals surface area contributed by atoms with Gasteiger partial charge in [-0.25, -0.2) is 0 Å². The van der Waals surface area contributed by atoms with Crippen LogP contribution in [-0.2, 0) is 14.4 Å². The smallest absolute Gasteiger partial charge is 0.248 e. The highest BCUT2D eigenvalue weighted by Crippen LogP contribution is 2.58. The number of hydrogen-bond acceptors (Lipinski definition) is 6. The minimum Gasteiger partial charge on any atom is -0.341 e. The van der Waals surface area contributed by atoms with Gasteiger partial charge in [0, 0.05) is 30.8 Å². The molecule has 2 aliphatic carbocycles. The van der Waals surface area contributed by atoms with Crippen LogP contribution >= 0.6 is 11.3 Å². The molecule has 3 amide bonds. The zero-order valence-electron chi connectivity index (χ0n) is 14.3. The van der Waals surface area contributed by atoms with Gasteiger partial charge >= 0.3 is 0 Å². The summed E-state index contributed by atoms with van der Waals surface area (Å²) < 4.78 is 0. The molecule has 4 aliphatic rings. The highest BCUT2D eigenvalue weighted by molar-refractivity contribution is 7.13. The average Bonchev–Trinajstić information content (AvgIpc) is 3.38. The van der Waals surface area contributed by atoms with Crippen molar-refractivity contribution in [2.75, 3.05) is 18.4 Å². The first-order valence-corrected chi connectivity index (χ1v) is 10.1. The summed E-state index contributed by atoms with van der Waals surface area (Å²) in [5.74, 6) is 0.674. The predicted octanol–water partition coefficient (Wildman–Crippen LogP) is 0.630. The van der Waals surface area contributed by atoms with E-state index >= 15 is 0 Å². The monoisotopic (exact) mass is 375 g/mol. The van der Waals surface area contributed by atoms with Crippen molar-refractivity contribution in [2.24, 2.45) is 23.7 Å². The second kappa shape index (κ2) is 5.73. The lowest BCUT2D eigenvalue weighted by Crippen LogP contribution is -2.59. The summed E-state index contributed by atoms with van der Waals surface area (Å²) in [4.78, 5) is 39.7. The molecule has 4 fully saturated rings. The molecule has 4 atom stereocenters. The van der Waals surface area contributed by atoms with Crippen molar-refractivity contribution in [1.29, 1.82) is 0 Å². The largest absolute Gasteiger partial charge is 0.341 e. The number of likely N-dealkylation sites (tertiary alicyclic amines) is 1. The Morgan fingerprint density at radius 1 is 1.31 bits per heavy atom. The molecule has 0 aromatic carbocycles. The van der Waals surface area contributed by atoms with Crippen molar-refractivity contribution in [3.8, 4) is 0 Å². The van der Waals surface area contributed by atoms with Crippen LogP contribution in [0.5, 0.6) is 0 Å². The van der Waals surface area contributed by atoms with Crippen LogP contribution in [0.4, 0.5) is 5.13 Å². The number of aromatic nitrogens is 2. The first-order valence-electron chi connectivity index (χ1n) is 9.25. The van der Waals surface area contributed by atoms with Gasteiger partial charge in [0.1, 0.15) is 11.0 Å². The number of rotatable bonds is 3. The normalized spacial score (nSPS) is 35.6. The summed E-state index contributed by atoms with van der Waals surface area (Å²) in [6, 6.07) is 0. The van der Waals surface area contributed by atoms with E-state index in [2.05, 4.69) is 20.8 Å². The van der Waals surface area contributed by atoms with E-state index in [1.165, 1.54) is 11.3 Å². The van der Waals surface area contributed by atoms with Crippen molar-refractivity contribution in [2.45, 2.75) is 37.6 Å². The Kier molecular flexibility index (Phi) is 3.57. The lowest BCUT2D eigenvalue weighted by Gasteiger charge is -2.39. The summed E-state index contributed by atoms with van der Waals surface area (Å²) >= 11 is 1.29. The van der Waals surface area contributed by atoms with E-state index in [9.17, 15) is 14.4 Å². The highest BCUT2D eigenvalue weighted by Gasteiger charge is 2.67. The van der Waals surface area contributed by atoms with Crippen molar-refractivity contribution in [3.05, 3.63) is 5.51 Å². The molecule has 2 N–H and O–H groups in total. The van der Waals surface area contributed by atoms with Gasteiger partial charge in [-0.05, 0) is 38.0 Å². The summed E-state index contributed by atoms with van der Waals surface area (Å²) in [5.41, 5.74) is 0.918. The topological polar surface area (TPSA) is 104 Å². The van der Waals surface area contributed by atoms with Gasteiger partial charge in [-0.15, -0.1) is 10.2 Å². The van der Waals surface area contributed by atoms with Gasteiger partial charge in [0.05, 0.1) is 0 Å². The number of hydrogen-bond donors (Lipinski definition) is 2. The van der Waals surface area contributed by atoms with E-state index in [1.54, 1.807) is 5.51 Å². The minimum atomic E-state index is -0.660. The van der Waals surface area contributed by atoms with Crippen molar-refractivity contribution in [3.63, 3.8) is 0 Å². The first-order chi connectivity index (χ1) is 12.6. The summed E-state index contributed by atoms with van der Waals surface area (Å²) in [6.07, 6.45) is 4.00. The molecule has 4 unspecified atom stereocenters. The third-order valence-electron chi connectivity index (χ3n) is 6.71. The molecule has 2 bridgehead atoms. The number of carbonyl (C=O) groups excluding carboxylic acids is 3. The molecular formula is C17H21N5O3S. The Hall–Kier alpha value is -2.03. The SMILES string of the molecule is O=C(Nc1nncs1)C1CCN(C(=O)C23CC4CC(C(=O)N2)C3C4)CC1. The number of nitrogens with zero attached hydrogens (tertiary/aromatic N) is 3. The summed E-state index contributed by atoms with van der Waals surface area (Å²) in [5, 5.41) is 13.9. The molecule has 138 valence electrons. The van der Waals surface area contributed by atoms with Gasteiger partial charge < -0.3 is 15.5 Å². The maximum Gasteiger partial charge on any atom is 0.248 e. The van der Waals surface area contributed by atoms with Crippen LogP contribution in [0, 0.1) is 23.7 Å². The Bertz CT molecular complexity index is 760. The molecule has 9 heteroatoms. The van der Waals surface area contributed by atoms with Crippen molar-refractivity contribution in [1.82, 2.24) is 20.4 Å². The van der Waals surface area contributed by atoms with Gasteiger partial charge in [0.2, 0.25) is 22.9 Å². The number of piperidine rings is 1. The van der Waals surface area contributed by atoms with Gasteiger partial charge in [0.25, 0.3) is 0 Å². The zero-order valence-corrected chi connectivity index (χ0v) is 15.1. The van der Waals surface area contributed by atoms with Gasteiger partial charge in [0.15, 0.2) is 0 Å². The highest BCUT2D eigenvalue weighted by atomic mass is 32.1. The maximum absolute atomic E-state index is 13.2. The number of anilines is 1. The van der Waals surface area contributed by atoms with Gasteiger partial charge in [-0.1, -0.05) is 11.3 Å². The van der Waals surface area contributed by atoms with Gasteiger partial charge in [-0.3, -0.25) is 14.4 Å². The molecule has 26 heavy (non-hydrogen) atoms. The fourth-order valence-corrected chi connectivity index (χ4v) is 6.02. The third kappa shape index (κ3) is 2.29. The van der Waals surface area contributed by atoms with Crippen LogP contribution in [0.25, 0.3) is 0 Å². The van der Waals surface area contributed by atoms with E-state index in [0.717, 1.165) is 19.3 Å². The molecule has 3 heterocycles. The molecule has 2 saturated heterocycles. The number of amides is 3. The Balaban J connectivity index is 1.23. The van der Waals surface area contributed by atoms with Crippen LogP contribution in [-0.4, -0.2) is 51.4 Å². The third-order valence-corrected chi connectivity index (χ3v) is 7.32. The van der Waals surface area contributed by atoms with E-state index < -0.39 is 5.54 Å².